The Labute approximate surface area is 93.8 Å². The van der Waals surface area contributed by atoms with E-state index in [1.54, 1.807) is 6.07 Å². The van der Waals surface area contributed by atoms with Crippen LogP contribution in [0.4, 0.5) is 0 Å². The normalized spacial score (nSPS) is 18.4. The van der Waals surface area contributed by atoms with Gasteiger partial charge in [0.1, 0.15) is 0 Å². The van der Waals surface area contributed by atoms with Crippen molar-refractivity contribution in [3.8, 4) is 5.63 Å². The monoisotopic (exact) mass is 235 g/mol. The summed E-state index contributed by atoms with van der Waals surface area (Å²) in [4.78, 5) is 10.9. The second-order valence-electron chi connectivity index (χ2n) is 3.62. The molecule has 0 aliphatic carbocycles. The summed E-state index contributed by atoms with van der Waals surface area (Å²) in [6.07, 6.45) is 0.406. The average molecular weight is 235 g/mol. The van der Waals surface area contributed by atoms with Gasteiger partial charge in [-0.15, -0.1) is 0 Å². The van der Waals surface area contributed by atoms with Crippen LogP contribution >= 0.6 is 7.92 Å². The molecular formula is C11H10NO3P. The molecule has 0 amide bonds. The minimum absolute atomic E-state index is 0.178. The summed E-state index contributed by atoms with van der Waals surface area (Å²) in [5.74, 6) is -0.861. The number of nitrogens with one attached hydrogen (secondary N) is 1. The third-order valence-corrected chi connectivity index (χ3v) is 3.02. The van der Waals surface area contributed by atoms with Gasteiger partial charge in [0, 0.05) is 0 Å². The van der Waals surface area contributed by atoms with Gasteiger partial charge >= 0.3 is 93.2 Å². The van der Waals surface area contributed by atoms with Gasteiger partial charge in [0.2, 0.25) is 0 Å². The van der Waals surface area contributed by atoms with Crippen molar-refractivity contribution >= 4 is 13.9 Å². The van der Waals surface area contributed by atoms with Crippen LogP contribution in [0, 0.1) is 5.63 Å². The summed E-state index contributed by atoms with van der Waals surface area (Å²) in [6.45, 7) is 0.525. The maximum absolute atomic E-state index is 10.9. The number of carboxylic acid groups (broad SMARTS) is 1. The summed E-state index contributed by atoms with van der Waals surface area (Å²) in [5.41, 5.74) is 5.40. The van der Waals surface area contributed by atoms with Gasteiger partial charge in [0.25, 0.3) is 0 Å². The topological polar surface area (TPSA) is 66.4 Å². The van der Waals surface area contributed by atoms with Crippen LogP contribution in [0.15, 0.2) is 18.2 Å². The van der Waals surface area contributed by atoms with Gasteiger partial charge in [-0.3, -0.25) is 0 Å². The molecule has 1 aromatic carbocycles. The van der Waals surface area contributed by atoms with E-state index in [1.165, 1.54) is 0 Å². The summed E-state index contributed by atoms with van der Waals surface area (Å²) >= 11 is 0. The average Bonchev–Trinajstić information content (AvgIpc) is 2.29. The molecular weight excluding hydrogens is 225 g/mol. The van der Waals surface area contributed by atoms with Crippen molar-refractivity contribution in [2.75, 3.05) is 0 Å². The van der Waals surface area contributed by atoms with Crippen LogP contribution in [0.5, 0.6) is 0 Å². The first kappa shape index (κ1) is 11.2. The Balaban J connectivity index is 2.44. The van der Waals surface area contributed by atoms with Crippen LogP contribution in [0.25, 0.3) is 0 Å². The molecule has 1 aromatic rings. The molecule has 5 heteroatoms. The zero-order valence-corrected chi connectivity index (χ0v) is 9.33. The van der Waals surface area contributed by atoms with Crippen molar-refractivity contribution in [3.05, 3.63) is 34.9 Å². The van der Waals surface area contributed by atoms with E-state index in [4.69, 9.17) is 5.11 Å². The van der Waals surface area contributed by atoms with Crippen molar-refractivity contribution < 1.29 is 14.5 Å². The summed E-state index contributed by atoms with van der Waals surface area (Å²) < 4.78 is 10.5. The molecule has 0 aromatic heterocycles. The molecule has 82 valence electrons. The van der Waals surface area contributed by atoms with E-state index in [0.29, 0.717) is 13.0 Å². The van der Waals surface area contributed by atoms with E-state index in [1.807, 2.05) is 12.1 Å². The van der Waals surface area contributed by atoms with Crippen LogP contribution < -0.4 is 5.32 Å². The minimum atomic E-state index is -0.861. The third kappa shape index (κ3) is 2.10. The number of rotatable bonds is 1. The van der Waals surface area contributed by atoms with Gasteiger partial charge in [-0.05, 0) is 0 Å². The fraction of sp³-hybridized carbons (Fsp3) is 0.273. The molecule has 2 N–H and O–H groups in total. The zero-order chi connectivity index (χ0) is 11.5. The van der Waals surface area contributed by atoms with Gasteiger partial charge in [-0.2, -0.15) is 0 Å². The van der Waals surface area contributed by atoms with Gasteiger partial charge in [-0.1, -0.05) is 0 Å². The molecule has 16 heavy (non-hydrogen) atoms. The second-order valence-corrected chi connectivity index (χ2v) is 4.03. The summed E-state index contributed by atoms with van der Waals surface area (Å²) in [7, 11) is -0.178. The van der Waals surface area contributed by atoms with Gasteiger partial charge in [-0.25, -0.2) is 0 Å². The number of carboxylic acids is 1. The number of aliphatic carboxylic acids is 1. The Bertz CT molecular complexity index is 535. The molecule has 1 atom stereocenters. The molecule has 0 spiro atoms. The zero-order valence-electron chi connectivity index (χ0n) is 8.43. The van der Waals surface area contributed by atoms with Gasteiger partial charge < -0.3 is 0 Å². The fourth-order valence-electron chi connectivity index (χ4n) is 1.88. The fourth-order valence-corrected chi connectivity index (χ4v) is 2.19. The Morgan fingerprint density at radius 2 is 2.38 bits per heavy atom. The maximum atomic E-state index is 10.9. The molecule has 1 heterocycles. The molecule has 2 rings (SSSR count). The van der Waals surface area contributed by atoms with Gasteiger partial charge in [0.15, 0.2) is 0 Å². The van der Waals surface area contributed by atoms with Crippen LogP contribution in [0.3, 0.4) is 0 Å². The molecule has 0 saturated heterocycles. The van der Waals surface area contributed by atoms with E-state index in [2.05, 4.69) is 10.9 Å². The number of hydrogen-bond acceptors (Lipinski definition) is 3. The molecule has 0 bridgehead atoms. The number of benzene rings is 1. The predicted octanol–water partition coefficient (Wildman–Crippen LogP) is 1.38. The molecule has 0 radical (unpaired) electrons. The number of fused-ring (bicyclic) bond motifs is 1. The second kappa shape index (κ2) is 4.67. The van der Waals surface area contributed by atoms with E-state index in [9.17, 15) is 9.36 Å². The Hall–Kier alpha value is -1.34. The molecule has 0 fully saturated rings. The SMILES string of the molecule is O=P#Cc1cccc2c1CC(C(=O)O)NC2. The Kier molecular flexibility index (Phi) is 3.25. The molecule has 1 aliphatic heterocycles. The predicted molar refractivity (Wildman–Crippen MR) is 59.0 cm³/mol. The summed E-state index contributed by atoms with van der Waals surface area (Å²) in [6, 6.07) is 5.02. The summed E-state index contributed by atoms with van der Waals surface area (Å²) in [5, 5.41) is 11.9. The van der Waals surface area contributed by atoms with Crippen molar-refractivity contribution in [2.24, 2.45) is 0 Å². The first-order valence-corrected chi connectivity index (χ1v) is 5.69. The number of carbonyl (C=O) groups is 1. The third-order valence-electron chi connectivity index (χ3n) is 2.68. The van der Waals surface area contributed by atoms with Crippen LogP contribution in [-0.4, -0.2) is 17.1 Å². The van der Waals surface area contributed by atoms with Crippen LogP contribution in [-0.2, 0) is 22.3 Å². The first-order valence-electron chi connectivity index (χ1n) is 4.87. The van der Waals surface area contributed by atoms with Crippen LogP contribution in [0.2, 0.25) is 0 Å². The van der Waals surface area contributed by atoms with Gasteiger partial charge in [0.05, 0.1) is 0 Å². The Morgan fingerprint density at radius 3 is 3.06 bits per heavy atom. The standard InChI is InChI=1S/C11H10NO3P/c13-11(14)10-4-9-7(5-12-10)2-1-3-8(9)6-16-15/h1-3,10,12H,4-5H2,(H,13,14). The molecule has 0 saturated carbocycles. The van der Waals surface area contributed by atoms with Crippen molar-refractivity contribution in [1.29, 1.82) is 0 Å². The van der Waals surface area contributed by atoms with E-state index >= 15 is 0 Å². The molecule has 4 nitrogen and oxygen atoms in total. The van der Waals surface area contributed by atoms with Crippen molar-refractivity contribution in [1.82, 2.24) is 5.32 Å². The molecule has 1 aliphatic rings. The first-order chi connectivity index (χ1) is 7.72. The van der Waals surface area contributed by atoms with Crippen LogP contribution in [0.1, 0.15) is 16.7 Å². The molecule has 1 unspecified atom stereocenters. The quantitative estimate of drug-likeness (QED) is 0.722. The Morgan fingerprint density at radius 1 is 1.56 bits per heavy atom. The number of hydrogen-bond donors (Lipinski definition) is 2. The van der Waals surface area contributed by atoms with E-state index in [-0.39, 0.29) is 7.92 Å². The van der Waals surface area contributed by atoms with Crippen molar-refractivity contribution in [3.63, 3.8) is 0 Å². The van der Waals surface area contributed by atoms with E-state index in [0.717, 1.165) is 16.7 Å². The van der Waals surface area contributed by atoms with Crippen molar-refractivity contribution in [2.45, 2.75) is 19.0 Å². The van der Waals surface area contributed by atoms with E-state index < -0.39 is 12.0 Å².